The van der Waals surface area contributed by atoms with Gasteiger partial charge in [0, 0.05) is 11.1 Å². The number of aliphatic carboxylic acids is 1. The van der Waals surface area contributed by atoms with Crippen LogP contribution in [-0.4, -0.2) is 36.4 Å². The zero-order valence-corrected chi connectivity index (χ0v) is 11.0. The van der Waals surface area contributed by atoms with Crippen LogP contribution in [0.4, 0.5) is 0 Å². The first-order chi connectivity index (χ1) is 8.41. The summed E-state index contributed by atoms with van der Waals surface area (Å²) in [6.45, 7) is -0.504. The van der Waals surface area contributed by atoms with Gasteiger partial charge in [-0.1, -0.05) is 11.6 Å². The summed E-state index contributed by atoms with van der Waals surface area (Å²) < 4.78 is 25.6. The van der Waals surface area contributed by atoms with E-state index >= 15 is 0 Å². The molecule has 98 valence electrons. The third-order valence-corrected chi connectivity index (χ3v) is 4.83. The highest BCUT2D eigenvalue weighted by atomic mass is 35.5. The minimum Gasteiger partial charge on any atom is -0.480 e. The fourth-order valence-electron chi connectivity index (χ4n) is 1.65. The molecule has 1 saturated carbocycles. The predicted molar refractivity (Wildman–Crippen MR) is 66.0 cm³/mol. The number of benzene rings is 1. The van der Waals surface area contributed by atoms with Crippen LogP contribution >= 0.6 is 11.6 Å². The molecule has 5 nitrogen and oxygen atoms in total. The topological polar surface area (TPSA) is 74.7 Å². The van der Waals surface area contributed by atoms with Crippen molar-refractivity contribution in [1.82, 2.24) is 4.31 Å². The lowest BCUT2D eigenvalue weighted by Gasteiger charge is -2.19. The highest BCUT2D eigenvalue weighted by Gasteiger charge is 2.39. The van der Waals surface area contributed by atoms with Crippen molar-refractivity contribution in [1.29, 1.82) is 0 Å². The third-order valence-electron chi connectivity index (χ3n) is 2.67. The number of nitrogens with zero attached hydrogens (tertiary/aromatic N) is 1. The van der Waals surface area contributed by atoms with Crippen molar-refractivity contribution in [2.24, 2.45) is 0 Å². The van der Waals surface area contributed by atoms with Crippen molar-refractivity contribution in [2.45, 2.75) is 23.8 Å². The fraction of sp³-hybridized carbons (Fsp3) is 0.364. The van der Waals surface area contributed by atoms with Gasteiger partial charge in [0.1, 0.15) is 6.54 Å². The molecule has 7 heteroatoms. The molecular formula is C11H12ClNO4S. The Morgan fingerprint density at radius 3 is 2.33 bits per heavy atom. The molecule has 0 aliphatic heterocycles. The molecule has 0 saturated heterocycles. The monoisotopic (exact) mass is 289 g/mol. The normalized spacial score (nSPS) is 15.9. The minimum atomic E-state index is -3.76. The molecule has 0 aromatic heterocycles. The molecule has 0 atom stereocenters. The molecule has 2 rings (SSSR count). The quantitative estimate of drug-likeness (QED) is 0.893. The summed E-state index contributed by atoms with van der Waals surface area (Å²) in [5, 5.41) is 9.22. The maximum atomic E-state index is 12.3. The third kappa shape index (κ3) is 2.82. The second kappa shape index (κ2) is 4.87. The molecule has 18 heavy (non-hydrogen) atoms. The summed E-state index contributed by atoms with van der Waals surface area (Å²) in [5.41, 5.74) is 0. The van der Waals surface area contributed by atoms with E-state index in [2.05, 4.69) is 0 Å². The van der Waals surface area contributed by atoms with E-state index in [-0.39, 0.29) is 10.9 Å². The molecular weight excluding hydrogens is 278 g/mol. The number of rotatable bonds is 5. The van der Waals surface area contributed by atoms with Crippen molar-refractivity contribution in [3.05, 3.63) is 29.3 Å². The number of hydrogen-bond donors (Lipinski definition) is 1. The average molecular weight is 290 g/mol. The van der Waals surface area contributed by atoms with Gasteiger partial charge < -0.3 is 5.11 Å². The molecule has 0 spiro atoms. The number of sulfonamides is 1. The Labute approximate surface area is 110 Å². The van der Waals surface area contributed by atoms with Crippen molar-refractivity contribution < 1.29 is 18.3 Å². The van der Waals surface area contributed by atoms with Gasteiger partial charge >= 0.3 is 5.97 Å². The Hall–Kier alpha value is -1.11. The minimum absolute atomic E-state index is 0.0695. The molecule has 0 unspecified atom stereocenters. The summed E-state index contributed by atoms with van der Waals surface area (Å²) in [4.78, 5) is 10.8. The van der Waals surface area contributed by atoms with Crippen LogP contribution in [-0.2, 0) is 14.8 Å². The van der Waals surface area contributed by atoms with E-state index in [1.54, 1.807) is 0 Å². The summed E-state index contributed by atoms with van der Waals surface area (Å²) in [5.74, 6) is -1.15. The van der Waals surface area contributed by atoms with Crippen molar-refractivity contribution in [3.63, 3.8) is 0 Å². The van der Waals surface area contributed by atoms with Gasteiger partial charge in [0.25, 0.3) is 0 Å². The number of carboxylic acid groups (broad SMARTS) is 1. The predicted octanol–water partition coefficient (Wildman–Crippen LogP) is 1.58. The van der Waals surface area contributed by atoms with Crippen LogP contribution in [0.1, 0.15) is 12.8 Å². The van der Waals surface area contributed by atoms with E-state index in [0.717, 1.165) is 4.31 Å². The number of carboxylic acids is 1. The number of halogens is 1. The smallest absolute Gasteiger partial charge is 0.318 e. The summed E-state index contributed by atoms with van der Waals surface area (Å²) >= 11 is 5.70. The molecule has 0 amide bonds. The largest absolute Gasteiger partial charge is 0.480 e. The van der Waals surface area contributed by atoms with Crippen LogP contribution in [0, 0.1) is 0 Å². The Bertz CT molecular complexity index is 551. The molecule has 0 heterocycles. The zero-order chi connectivity index (χ0) is 13.3. The van der Waals surface area contributed by atoms with Gasteiger partial charge in [0.05, 0.1) is 4.90 Å². The first kappa shape index (κ1) is 13.3. The lowest BCUT2D eigenvalue weighted by atomic mass is 10.4. The Balaban J connectivity index is 2.32. The number of hydrogen-bond acceptors (Lipinski definition) is 3. The van der Waals surface area contributed by atoms with Crippen LogP contribution < -0.4 is 0 Å². The van der Waals surface area contributed by atoms with E-state index in [1.165, 1.54) is 24.3 Å². The van der Waals surface area contributed by atoms with E-state index in [4.69, 9.17) is 16.7 Å². The summed E-state index contributed by atoms with van der Waals surface area (Å²) in [6, 6.07) is 5.52. The van der Waals surface area contributed by atoms with Crippen LogP contribution in [0.25, 0.3) is 0 Å². The molecule has 0 bridgehead atoms. The van der Waals surface area contributed by atoms with Gasteiger partial charge in [-0.3, -0.25) is 4.79 Å². The van der Waals surface area contributed by atoms with E-state index in [1.807, 2.05) is 0 Å². The maximum Gasteiger partial charge on any atom is 0.318 e. The van der Waals surface area contributed by atoms with Crippen LogP contribution in [0.15, 0.2) is 29.2 Å². The Kier molecular flexibility index (Phi) is 3.61. The van der Waals surface area contributed by atoms with Crippen LogP contribution in [0.2, 0.25) is 5.02 Å². The van der Waals surface area contributed by atoms with E-state index in [9.17, 15) is 13.2 Å². The standard InChI is InChI=1S/C11H12ClNO4S/c12-8-1-5-10(6-2-8)18(16,17)13(7-11(14)15)9-3-4-9/h1-2,5-6,9H,3-4,7H2,(H,14,15). The van der Waals surface area contributed by atoms with Crippen molar-refractivity contribution in [3.8, 4) is 0 Å². The van der Waals surface area contributed by atoms with Crippen LogP contribution in [0.3, 0.4) is 0 Å². The van der Waals surface area contributed by atoms with Gasteiger partial charge in [-0.05, 0) is 37.1 Å². The number of carbonyl (C=O) groups is 1. The first-order valence-corrected chi connectivity index (χ1v) is 7.22. The molecule has 1 aliphatic carbocycles. The van der Waals surface area contributed by atoms with Gasteiger partial charge in [-0.15, -0.1) is 0 Å². The summed E-state index contributed by atoms with van der Waals surface area (Å²) in [7, 11) is -3.76. The molecule has 1 N–H and O–H groups in total. The molecule has 0 radical (unpaired) electrons. The lowest BCUT2D eigenvalue weighted by molar-refractivity contribution is -0.137. The fourth-order valence-corrected chi connectivity index (χ4v) is 3.41. The molecule has 1 aliphatic rings. The zero-order valence-electron chi connectivity index (χ0n) is 9.41. The van der Waals surface area contributed by atoms with Gasteiger partial charge in [0.2, 0.25) is 10.0 Å². The highest BCUT2D eigenvalue weighted by molar-refractivity contribution is 7.89. The van der Waals surface area contributed by atoms with Crippen molar-refractivity contribution >= 4 is 27.6 Å². The van der Waals surface area contributed by atoms with Gasteiger partial charge in [0.15, 0.2) is 0 Å². The second-order valence-electron chi connectivity index (χ2n) is 4.13. The molecule has 1 fully saturated rings. The molecule has 1 aromatic carbocycles. The lowest BCUT2D eigenvalue weighted by Crippen LogP contribution is -2.37. The SMILES string of the molecule is O=C(O)CN(C1CC1)S(=O)(=O)c1ccc(Cl)cc1. The molecule has 1 aromatic rings. The highest BCUT2D eigenvalue weighted by Crippen LogP contribution is 2.32. The first-order valence-electron chi connectivity index (χ1n) is 5.40. The second-order valence-corrected chi connectivity index (χ2v) is 6.46. The van der Waals surface area contributed by atoms with Gasteiger partial charge in [-0.25, -0.2) is 8.42 Å². The van der Waals surface area contributed by atoms with E-state index in [0.29, 0.717) is 17.9 Å². The van der Waals surface area contributed by atoms with Gasteiger partial charge in [-0.2, -0.15) is 4.31 Å². The Morgan fingerprint density at radius 1 is 1.33 bits per heavy atom. The average Bonchev–Trinajstić information content (AvgIpc) is 3.10. The Morgan fingerprint density at radius 2 is 1.89 bits per heavy atom. The van der Waals surface area contributed by atoms with Crippen molar-refractivity contribution in [2.75, 3.05) is 6.54 Å². The van der Waals surface area contributed by atoms with Crippen LogP contribution in [0.5, 0.6) is 0 Å². The van der Waals surface area contributed by atoms with E-state index < -0.39 is 22.5 Å². The summed E-state index contributed by atoms with van der Waals surface area (Å²) in [6.07, 6.45) is 1.42. The maximum absolute atomic E-state index is 12.3.